The van der Waals surface area contributed by atoms with Crippen molar-refractivity contribution in [3.63, 3.8) is 0 Å². The highest BCUT2D eigenvalue weighted by Crippen LogP contribution is 2.38. The van der Waals surface area contributed by atoms with E-state index in [4.69, 9.17) is 22.1 Å². The first kappa shape index (κ1) is 9.81. The number of hydrogen-bond acceptors (Lipinski definition) is 2. The molecule has 0 fully saturated rings. The fourth-order valence-electron chi connectivity index (χ4n) is 2.11. The van der Waals surface area contributed by atoms with Crippen LogP contribution in [0.4, 0.5) is 0 Å². The molecule has 0 bridgehead atoms. The molecule has 1 aliphatic rings. The van der Waals surface area contributed by atoms with E-state index in [0.717, 1.165) is 35.6 Å². The maximum Gasteiger partial charge on any atom is 0.122 e. The van der Waals surface area contributed by atoms with Crippen LogP contribution in [0, 0.1) is 0 Å². The van der Waals surface area contributed by atoms with Gasteiger partial charge in [0, 0.05) is 16.6 Å². The van der Waals surface area contributed by atoms with Crippen LogP contribution in [0.2, 0.25) is 5.02 Å². The minimum absolute atomic E-state index is 0.0707. The quantitative estimate of drug-likeness (QED) is 0.775. The smallest absolute Gasteiger partial charge is 0.122 e. The summed E-state index contributed by atoms with van der Waals surface area (Å²) in [6, 6.07) is 3.85. The number of nitrogens with two attached hydrogens (primary N) is 1. The molecule has 0 saturated heterocycles. The summed E-state index contributed by atoms with van der Waals surface area (Å²) in [6.07, 6.45) is 3.15. The van der Waals surface area contributed by atoms with E-state index in [-0.39, 0.29) is 6.04 Å². The maximum atomic E-state index is 6.13. The van der Waals surface area contributed by atoms with Gasteiger partial charge in [0.2, 0.25) is 0 Å². The van der Waals surface area contributed by atoms with Crippen molar-refractivity contribution in [1.29, 1.82) is 0 Å². The van der Waals surface area contributed by atoms with Crippen LogP contribution in [-0.2, 0) is 6.42 Å². The lowest BCUT2D eigenvalue weighted by Gasteiger charge is -2.25. The molecule has 1 aromatic carbocycles. The molecule has 0 saturated carbocycles. The van der Waals surface area contributed by atoms with Crippen molar-refractivity contribution in [1.82, 2.24) is 0 Å². The van der Waals surface area contributed by atoms with Crippen molar-refractivity contribution in [3.05, 3.63) is 28.3 Å². The van der Waals surface area contributed by atoms with E-state index in [1.165, 1.54) is 5.56 Å². The Labute approximate surface area is 89.0 Å². The lowest BCUT2D eigenvalue weighted by atomic mass is 9.87. The Morgan fingerprint density at radius 3 is 3.00 bits per heavy atom. The van der Waals surface area contributed by atoms with Crippen molar-refractivity contribution >= 4 is 11.6 Å². The molecular formula is C11H14ClNO. The van der Waals surface area contributed by atoms with Crippen molar-refractivity contribution in [2.24, 2.45) is 5.73 Å². The van der Waals surface area contributed by atoms with Crippen LogP contribution in [0.1, 0.15) is 30.0 Å². The Morgan fingerprint density at radius 1 is 1.50 bits per heavy atom. The molecule has 0 radical (unpaired) electrons. The second-order valence-electron chi connectivity index (χ2n) is 3.64. The van der Waals surface area contributed by atoms with Gasteiger partial charge in [-0.3, -0.25) is 0 Å². The van der Waals surface area contributed by atoms with Gasteiger partial charge >= 0.3 is 0 Å². The predicted octanol–water partition coefficient (Wildman–Crippen LogP) is 2.68. The van der Waals surface area contributed by atoms with Crippen LogP contribution in [0.3, 0.4) is 0 Å². The molecule has 2 nitrogen and oxygen atoms in total. The van der Waals surface area contributed by atoms with Crippen molar-refractivity contribution in [2.45, 2.75) is 25.3 Å². The zero-order chi connectivity index (χ0) is 10.1. The number of methoxy groups -OCH3 is 1. The van der Waals surface area contributed by atoms with Gasteiger partial charge in [0.15, 0.2) is 0 Å². The van der Waals surface area contributed by atoms with Crippen LogP contribution < -0.4 is 10.5 Å². The van der Waals surface area contributed by atoms with Gasteiger partial charge in [0.25, 0.3) is 0 Å². The van der Waals surface area contributed by atoms with Gasteiger partial charge in [-0.1, -0.05) is 11.6 Å². The maximum absolute atomic E-state index is 6.13. The Kier molecular flexibility index (Phi) is 2.66. The summed E-state index contributed by atoms with van der Waals surface area (Å²) in [7, 11) is 1.68. The number of benzene rings is 1. The third-order valence-corrected chi connectivity index (χ3v) is 3.12. The van der Waals surface area contributed by atoms with Gasteiger partial charge in [-0.2, -0.15) is 0 Å². The fraction of sp³-hybridized carbons (Fsp3) is 0.455. The first-order chi connectivity index (χ1) is 6.74. The lowest BCUT2D eigenvalue weighted by molar-refractivity contribution is 0.403. The summed E-state index contributed by atoms with van der Waals surface area (Å²) < 4.78 is 5.30. The van der Waals surface area contributed by atoms with E-state index in [1.807, 2.05) is 12.1 Å². The highest BCUT2D eigenvalue weighted by atomic mass is 35.5. The average Bonchev–Trinajstić information content (AvgIpc) is 2.18. The number of ether oxygens (including phenoxy) is 1. The van der Waals surface area contributed by atoms with E-state index in [9.17, 15) is 0 Å². The second kappa shape index (κ2) is 3.79. The molecule has 0 amide bonds. The van der Waals surface area contributed by atoms with E-state index < -0.39 is 0 Å². The zero-order valence-electron chi connectivity index (χ0n) is 8.22. The summed E-state index contributed by atoms with van der Waals surface area (Å²) in [5.74, 6) is 0.916. The summed E-state index contributed by atoms with van der Waals surface area (Å²) in [4.78, 5) is 0. The number of hydrogen-bond donors (Lipinski definition) is 1. The largest absolute Gasteiger partial charge is 0.496 e. The monoisotopic (exact) mass is 211 g/mol. The summed E-state index contributed by atoms with van der Waals surface area (Å²) in [6.45, 7) is 0. The van der Waals surface area contributed by atoms with Crippen LogP contribution in [-0.4, -0.2) is 7.11 Å². The number of rotatable bonds is 1. The molecule has 2 rings (SSSR count). The third kappa shape index (κ3) is 1.49. The first-order valence-corrected chi connectivity index (χ1v) is 5.22. The van der Waals surface area contributed by atoms with Gasteiger partial charge < -0.3 is 10.5 Å². The molecule has 0 spiro atoms. The van der Waals surface area contributed by atoms with Crippen molar-refractivity contribution in [2.75, 3.05) is 7.11 Å². The van der Waals surface area contributed by atoms with Crippen LogP contribution in [0.5, 0.6) is 5.75 Å². The van der Waals surface area contributed by atoms with Gasteiger partial charge in [-0.05, 0) is 37.0 Å². The molecule has 76 valence electrons. The van der Waals surface area contributed by atoms with Crippen LogP contribution in [0.25, 0.3) is 0 Å². The summed E-state index contributed by atoms with van der Waals surface area (Å²) in [5, 5.41) is 0.771. The minimum Gasteiger partial charge on any atom is -0.496 e. The predicted molar refractivity (Wildman–Crippen MR) is 57.9 cm³/mol. The SMILES string of the molecule is COc1ccc(Cl)c2c1CCCC2N. The highest BCUT2D eigenvalue weighted by molar-refractivity contribution is 6.31. The molecule has 0 aliphatic heterocycles. The Hall–Kier alpha value is -0.730. The Balaban J connectivity index is 2.57. The molecule has 0 aromatic heterocycles. The van der Waals surface area contributed by atoms with E-state index >= 15 is 0 Å². The fourth-order valence-corrected chi connectivity index (χ4v) is 2.43. The molecule has 0 heterocycles. The minimum atomic E-state index is 0.0707. The second-order valence-corrected chi connectivity index (χ2v) is 4.05. The van der Waals surface area contributed by atoms with Gasteiger partial charge in [0.1, 0.15) is 5.75 Å². The van der Waals surface area contributed by atoms with Gasteiger partial charge in [0.05, 0.1) is 7.11 Å². The molecule has 3 heteroatoms. The van der Waals surface area contributed by atoms with Crippen LogP contribution in [0.15, 0.2) is 12.1 Å². The van der Waals surface area contributed by atoms with E-state index in [1.54, 1.807) is 7.11 Å². The van der Waals surface area contributed by atoms with E-state index in [2.05, 4.69) is 0 Å². The highest BCUT2D eigenvalue weighted by Gasteiger charge is 2.22. The summed E-state index contributed by atoms with van der Waals surface area (Å²) >= 11 is 6.13. The zero-order valence-corrected chi connectivity index (χ0v) is 8.97. The van der Waals surface area contributed by atoms with Crippen molar-refractivity contribution < 1.29 is 4.74 Å². The molecule has 1 aromatic rings. The molecule has 1 unspecified atom stereocenters. The molecule has 14 heavy (non-hydrogen) atoms. The molecule has 2 N–H and O–H groups in total. The van der Waals surface area contributed by atoms with Crippen LogP contribution >= 0.6 is 11.6 Å². The average molecular weight is 212 g/mol. The topological polar surface area (TPSA) is 35.2 Å². The molecule has 1 aliphatic carbocycles. The first-order valence-electron chi connectivity index (χ1n) is 4.85. The van der Waals surface area contributed by atoms with Gasteiger partial charge in [-0.25, -0.2) is 0 Å². The van der Waals surface area contributed by atoms with E-state index in [0.29, 0.717) is 0 Å². The lowest BCUT2D eigenvalue weighted by Crippen LogP contribution is -2.18. The third-order valence-electron chi connectivity index (χ3n) is 2.79. The summed E-state index contributed by atoms with van der Waals surface area (Å²) in [5.41, 5.74) is 8.30. The normalized spacial score (nSPS) is 20.4. The standard InChI is InChI=1S/C11H14ClNO/c1-14-10-6-5-8(12)11-7(10)3-2-4-9(11)13/h5-6,9H,2-4,13H2,1H3. The Bertz CT molecular complexity index is 351. The molecule has 1 atom stereocenters. The molecular weight excluding hydrogens is 198 g/mol. The Morgan fingerprint density at radius 2 is 2.29 bits per heavy atom. The number of fused-ring (bicyclic) bond motifs is 1. The van der Waals surface area contributed by atoms with Crippen molar-refractivity contribution in [3.8, 4) is 5.75 Å². The number of halogens is 1. The van der Waals surface area contributed by atoms with Gasteiger partial charge in [-0.15, -0.1) is 0 Å².